The van der Waals surface area contributed by atoms with Crippen molar-refractivity contribution >= 4 is 47.3 Å². The number of rotatable bonds is 3. The summed E-state index contributed by atoms with van der Waals surface area (Å²) in [5, 5.41) is 0. The van der Waals surface area contributed by atoms with Crippen molar-refractivity contribution in [3.63, 3.8) is 0 Å². The Morgan fingerprint density at radius 1 is 1.47 bits per heavy atom. The van der Waals surface area contributed by atoms with Crippen molar-refractivity contribution in [1.82, 2.24) is 0 Å². The lowest BCUT2D eigenvalue weighted by Gasteiger charge is -2.17. The molecule has 1 aromatic rings. The smallest absolute Gasteiger partial charge is 0.232 e. The van der Waals surface area contributed by atoms with Gasteiger partial charge in [-0.1, -0.05) is 6.07 Å². The van der Waals surface area contributed by atoms with Gasteiger partial charge in [-0.2, -0.15) is 0 Å². The van der Waals surface area contributed by atoms with Gasteiger partial charge in [-0.3, -0.25) is 4.79 Å². The summed E-state index contributed by atoms with van der Waals surface area (Å²) in [7, 11) is 1.51. The molecule has 4 nitrogen and oxygen atoms in total. The number of carbonyl (C=O) groups excluding carboxylic acids is 1. The fourth-order valence-corrected chi connectivity index (χ4v) is 3.79. The maximum Gasteiger partial charge on any atom is 0.232 e. The molecule has 0 radical (unpaired) electrons. The van der Waals surface area contributed by atoms with Crippen LogP contribution in [0.5, 0.6) is 0 Å². The summed E-state index contributed by atoms with van der Waals surface area (Å²) in [6, 6.07) is 4.62. The highest BCUT2D eigenvalue weighted by Crippen LogP contribution is 2.31. The van der Waals surface area contributed by atoms with E-state index in [4.69, 9.17) is 10.7 Å². The third-order valence-corrected chi connectivity index (χ3v) is 4.72. The van der Waals surface area contributed by atoms with Crippen molar-refractivity contribution in [3.8, 4) is 0 Å². The molecule has 1 aromatic carbocycles. The van der Waals surface area contributed by atoms with Crippen molar-refractivity contribution in [2.24, 2.45) is 5.92 Å². The number of hydrogen-bond acceptors (Lipinski definition) is 3. The van der Waals surface area contributed by atoms with Gasteiger partial charge in [0.25, 0.3) is 0 Å². The number of nitrogens with zero attached hydrogens (tertiary/aromatic N) is 1. The topological polar surface area (TPSA) is 54.5 Å². The zero-order valence-corrected chi connectivity index (χ0v) is 12.8. The first-order valence-corrected chi connectivity index (χ1v) is 8.72. The van der Waals surface area contributed by atoms with E-state index in [0.717, 1.165) is 0 Å². The molecule has 1 saturated heterocycles. The Morgan fingerprint density at radius 2 is 2.16 bits per heavy atom. The molecule has 104 valence electrons. The largest absolute Gasteiger partial charge is 0.309 e. The second kappa shape index (κ2) is 5.38. The van der Waals surface area contributed by atoms with Gasteiger partial charge in [-0.25, -0.2) is 12.8 Å². The van der Waals surface area contributed by atoms with Gasteiger partial charge in [-0.15, -0.1) is 0 Å². The zero-order chi connectivity index (χ0) is 14.2. The van der Waals surface area contributed by atoms with E-state index in [1.54, 1.807) is 6.07 Å². The molecule has 1 atom stereocenters. The van der Waals surface area contributed by atoms with Crippen LogP contribution in [0.1, 0.15) is 6.42 Å². The van der Waals surface area contributed by atoms with E-state index in [1.165, 1.54) is 17.0 Å². The molecule has 0 saturated carbocycles. The fourth-order valence-electron chi connectivity index (χ4n) is 2.11. The molecule has 0 bridgehead atoms. The normalized spacial score (nSPS) is 20.1. The van der Waals surface area contributed by atoms with Crippen LogP contribution in [0.2, 0.25) is 0 Å². The minimum absolute atomic E-state index is 0.0535. The number of halogens is 3. The highest BCUT2D eigenvalue weighted by molar-refractivity contribution is 9.10. The molecule has 1 amide bonds. The van der Waals surface area contributed by atoms with Gasteiger partial charge in [-0.05, 0) is 28.1 Å². The average molecular weight is 371 g/mol. The van der Waals surface area contributed by atoms with Crippen LogP contribution in [0.4, 0.5) is 10.1 Å². The van der Waals surface area contributed by atoms with Crippen molar-refractivity contribution < 1.29 is 17.6 Å². The van der Waals surface area contributed by atoms with Gasteiger partial charge >= 0.3 is 0 Å². The summed E-state index contributed by atoms with van der Waals surface area (Å²) in [6.45, 7) is 0.151. The Bertz CT molecular complexity index is 622. The summed E-state index contributed by atoms with van der Waals surface area (Å²) in [4.78, 5) is 13.1. The number of hydrogen-bond donors (Lipinski definition) is 0. The molecule has 1 unspecified atom stereocenters. The summed E-state index contributed by atoms with van der Waals surface area (Å²) in [5.74, 6) is -1.53. The van der Waals surface area contributed by atoms with Crippen molar-refractivity contribution in [3.05, 3.63) is 28.5 Å². The lowest BCUT2D eigenvalue weighted by atomic mass is 10.1. The second-order valence-corrected chi connectivity index (χ2v) is 8.03. The lowest BCUT2D eigenvalue weighted by Crippen LogP contribution is -2.26. The molecule has 8 heteroatoms. The molecule has 0 aliphatic carbocycles. The molecule has 1 fully saturated rings. The van der Waals surface area contributed by atoms with E-state index < -0.39 is 20.8 Å². The molecule has 0 aromatic heterocycles. The molecule has 1 heterocycles. The number of anilines is 1. The second-order valence-electron chi connectivity index (χ2n) is 4.35. The average Bonchev–Trinajstić information content (AvgIpc) is 2.61. The van der Waals surface area contributed by atoms with Crippen LogP contribution in [0.3, 0.4) is 0 Å². The monoisotopic (exact) mass is 369 g/mol. The zero-order valence-electron chi connectivity index (χ0n) is 9.64. The van der Waals surface area contributed by atoms with Crippen LogP contribution in [-0.2, 0) is 13.8 Å². The Balaban J connectivity index is 2.23. The molecular weight excluding hydrogens is 361 g/mol. The van der Waals surface area contributed by atoms with E-state index in [0.29, 0.717) is 0 Å². The number of carbonyl (C=O) groups is 1. The number of amides is 1. The van der Waals surface area contributed by atoms with E-state index in [9.17, 15) is 17.6 Å². The molecule has 2 rings (SSSR count). The molecule has 19 heavy (non-hydrogen) atoms. The summed E-state index contributed by atoms with van der Waals surface area (Å²) in [6.07, 6.45) is 0.0535. The standard InChI is InChI=1S/C11H10BrClFNO3S/c12-8-2-1-3-9(11(8)14)15-5-7(4-10(15)16)6-19(13,17)18/h1-3,7H,4-6H2. The fraction of sp³-hybridized carbons (Fsp3) is 0.364. The summed E-state index contributed by atoms with van der Waals surface area (Å²) < 4.78 is 36.2. The lowest BCUT2D eigenvalue weighted by molar-refractivity contribution is -0.117. The molecule has 1 aliphatic heterocycles. The summed E-state index contributed by atoms with van der Waals surface area (Å²) >= 11 is 3.05. The first kappa shape index (κ1) is 14.7. The maximum atomic E-state index is 13.9. The predicted molar refractivity (Wildman–Crippen MR) is 74.2 cm³/mol. The summed E-state index contributed by atoms with van der Waals surface area (Å²) in [5.41, 5.74) is 0.147. The van der Waals surface area contributed by atoms with E-state index in [1.807, 2.05) is 0 Å². The molecular formula is C11H10BrClFNO3S. The van der Waals surface area contributed by atoms with E-state index in [-0.39, 0.29) is 34.8 Å². The van der Waals surface area contributed by atoms with Crippen LogP contribution in [-0.4, -0.2) is 26.6 Å². The Labute approximate surface area is 123 Å². The van der Waals surface area contributed by atoms with Crippen LogP contribution in [0.25, 0.3) is 0 Å². The first-order valence-electron chi connectivity index (χ1n) is 5.44. The predicted octanol–water partition coefficient (Wildman–Crippen LogP) is 2.51. The first-order chi connectivity index (χ1) is 8.78. The minimum atomic E-state index is -3.66. The van der Waals surface area contributed by atoms with Gasteiger partial charge < -0.3 is 4.90 Å². The quantitative estimate of drug-likeness (QED) is 0.768. The Kier molecular flexibility index (Phi) is 4.17. The van der Waals surface area contributed by atoms with Crippen LogP contribution >= 0.6 is 26.6 Å². The van der Waals surface area contributed by atoms with Crippen molar-refractivity contribution in [2.45, 2.75) is 6.42 Å². The highest BCUT2D eigenvalue weighted by Gasteiger charge is 2.34. The number of benzene rings is 1. The van der Waals surface area contributed by atoms with Crippen molar-refractivity contribution in [2.75, 3.05) is 17.2 Å². The van der Waals surface area contributed by atoms with Crippen LogP contribution < -0.4 is 4.90 Å². The van der Waals surface area contributed by atoms with Gasteiger partial charge in [0, 0.05) is 29.6 Å². The Morgan fingerprint density at radius 3 is 2.79 bits per heavy atom. The van der Waals surface area contributed by atoms with Crippen LogP contribution in [0, 0.1) is 11.7 Å². The molecule has 0 N–H and O–H groups in total. The van der Waals surface area contributed by atoms with Gasteiger partial charge in [0.05, 0.1) is 15.9 Å². The molecule has 0 spiro atoms. The van der Waals surface area contributed by atoms with Crippen LogP contribution in [0.15, 0.2) is 22.7 Å². The third kappa shape index (κ3) is 3.46. The third-order valence-electron chi connectivity index (χ3n) is 2.86. The van der Waals surface area contributed by atoms with E-state index in [2.05, 4.69) is 15.9 Å². The minimum Gasteiger partial charge on any atom is -0.309 e. The molecule has 1 aliphatic rings. The van der Waals surface area contributed by atoms with Gasteiger partial charge in [0.1, 0.15) is 0 Å². The SMILES string of the molecule is O=C1CC(CS(=O)(=O)Cl)CN1c1cccc(Br)c1F. The van der Waals surface area contributed by atoms with E-state index >= 15 is 0 Å². The maximum absolute atomic E-state index is 13.9. The van der Waals surface area contributed by atoms with Gasteiger partial charge in [0.2, 0.25) is 15.0 Å². The Hall–Kier alpha value is -0.660. The van der Waals surface area contributed by atoms with Gasteiger partial charge in [0.15, 0.2) is 5.82 Å². The highest BCUT2D eigenvalue weighted by atomic mass is 79.9. The van der Waals surface area contributed by atoms with Crippen molar-refractivity contribution in [1.29, 1.82) is 0 Å².